The number of hydrogen-bond donors (Lipinski definition) is 2. The quantitative estimate of drug-likeness (QED) is 0.402. The van der Waals surface area contributed by atoms with E-state index in [0.717, 1.165) is 19.3 Å². The van der Waals surface area contributed by atoms with E-state index < -0.39 is 18.1 Å². The minimum atomic E-state index is -5.08. The number of benzene rings is 3. The molecule has 0 fully saturated rings. The van der Waals surface area contributed by atoms with Crippen LogP contribution in [0.2, 0.25) is 5.02 Å². The molecule has 0 saturated heterocycles. The highest BCUT2D eigenvalue weighted by Gasteiger charge is 2.38. The number of primary amides is 1. The summed E-state index contributed by atoms with van der Waals surface area (Å²) >= 11 is 6.30. The lowest BCUT2D eigenvalue weighted by atomic mass is 9.95. The van der Waals surface area contributed by atoms with Crippen molar-refractivity contribution in [2.45, 2.75) is 31.9 Å². The van der Waals surface area contributed by atoms with Crippen molar-refractivity contribution >= 4 is 23.5 Å². The number of hydrogen-bond acceptors (Lipinski definition) is 2. The molecule has 184 valence electrons. The van der Waals surface area contributed by atoms with Crippen LogP contribution in [0.1, 0.15) is 33.5 Å². The molecule has 1 aliphatic carbocycles. The maximum Gasteiger partial charge on any atom is 0.490 e. The van der Waals surface area contributed by atoms with Crippen LogP contribution in [0.4, 0.5) is 17.6 Å². The van der Waals surface area contributed by atoms with Crippen molar-refractivity contribution < 1.29 is 32.3 Å². The zero-order valence-electron chi connectivity index (χ0n) is 18.4. The Labute approximate surface area is 204 Å². The van der Waals surface area contributed by atoms with Crippen LogP contribution in [0.25, 0.3) is 11.1 Å². The first-order valence-corrected chi connectivity index (χ1v) is 11.1. The maximum absolute atomic E-state index is 14.7. The normalized spacial score (nSPS) is 13.1. The minimum Gasteiger partial charge on any atom is -0.475 e. The van der Waals surface area contributed by atoms with Gasteiger partial charge in [-0.2, -0.15) is 13.2 Å². The monoisotopic (exact) mass is 507 g/mol. The third-order valence-corrected chi connectivity index (χ3v) is 6.24. The fraction of sp³-hybridized carbons (Fsp3) is 0.231. The van der Waals surface area contributed by atoms with Gasteiger partial charge in [0.25, 0.3) is 0 Å². The lowest BCUT2D eigenvalue weighted by molar-refractivity contribution is -0.192. The van der Waals surface area contributed by atoms with Crippen molar-refractivity contribution in [1.82, 2.24) is 0 Å². The molecule has 0 bridgehead atoms. The molecule has 4 nitrogen and oxygen atoms in total. The molecule has 0 aromatic heterocycles. The summed E-state index contributed by atoms with van der Waals surface area (Å²) in [6.45, 7) is 0. The molecule has 9 heteroatoms. The number of aliphatic carboxylic acids is 1. The second kappa shape index (κ2) is 10.9. The van der Waals surface area contributed by atoms with Crippen LogP contribution >= 0.6 is 11.6 Å². The molecule has 0 unspecified atom stereocenters. The van der Waals surface area contributed by atoms with E-state index in [4.69, 9.17) is 27.2 Å². The molecule has 0 spiro atoms. The SMILES string of the molecule is NC(=O)c1cccc(-c2ccc(CCC3Cc4ccccc4C3)c(F)c2)c1Cl.O=C(O)C(F)(F)F. The summed E-state index contributed by atoms with van der Waals surface area (Å²) in [6, 6.07) is 18.7. The molecule has 0 atom stereocenters. The van der Waals surface area contributed by atoms with E-state index in [1.54, 1.807) is 18.2 Å². The minimum absolute atomic E-state index is 0.240. The number of carbonyl (C=O) groups is 2. The zero-order valence-corrected chi connectivity index (χ0v) is 19.2. The van der Waals surface area contributed by atoms with Gasteiger partial charge in [0.1, 0.15) is 5.82 Å². The molecule has 3 aromatic carbocycles. The van der Waals surface area contributed by atoms with Gasteiger partial charge < -0.3 is 10.8 Å². The van der Waals surface area contributed by atoms with Gasteiger partial charge in [-0.15, -0.1) is 0 Å². The second-order valence-corrected chi connectivity index (χ2v) is 8.60. The molecule has 3 aromatic rings. The van der Waals surface area contributed by atoms with Crippen molar-refractivity contribution in [1.29, 1.82) is 0 Å². The average Bonchev–Trinajstić information content (AvgIpc) is 3.21. The van der Waals surface area contributed by atoms with Crippen LogP contribution in [-0.2, 0) is 24.1 Å². The summed E-state index contributed by atoms with van der Waals surface area (Å²) in [7, 11) is 0. The van der Waals surface area contributed by atoms with Gasteiger partial charge >= 0.3 is 12.1 Å². The Kier molecular flexibility index (Phi) is 8.17. The predicted octanol–water partition coefficient (Wildman–Crippen LogP) is 6.23. The number of amides is 1. The van der Waals surface area contributed by atoms with Gasteiger partial charge in [0.05, 0.1) is 10.6 Å². The van der Waals surface area contributed by atoms with Gasteiger partial charge in [-0.25, -0.2) is 9.18 Å². The third-order valence-electron chi connectivity index (χ3n) is 5.83. The lowest BCUT2D eigenvalue weighted by Crippen LogP contribution is -2.21. The molecule has 0 saturated carbocycles. The number of aryl methyl sites for hydroxylation is 1. The lowest BCUT2D eigenvalue weighted by Gasteiger charge is -2.12. The van der Waals surface area contributed by atoms with Crippen molar-refractivity contribution in [3.63, 3.8) is 0 Å². The Balaban J connectivity index is 0.000000429. The van der Waals surface area contributed by atoms with Crippen molar-refractivity contribution in [3.8, 4) is 11.1 Å². The molecule has 0 heterocycles. The van der Waals surface area contributed by atoms with E-state index in [1.165, 1.54) is 17.2 Å². The summed E-state index contributed by atoms with van der Waals surface area (Å²) < 4.78 is 46.5. The van der Waals surface area contributed by atoms with Gasteiger partial charge in [-0.1, -0.05) is 60.1 Å². The Morgan fingerprint density at radius 2 is 1.60 bits per heavy atom. The highest BCUT2D eigenvalue weighted by atomic mass is 35.5. The number of rotatable bonds is 5. The number of halogens is 5. The standard InChI is InChI=1S/C24H21ClFNO.C2HF3O2/c25-23-20(6-3-7-21(23)24(27)28)19-11-10-16(22(26)14-19)9-8-15-12-17-4-1-2-5-18(17)13-15;3-2(4,5)1(6)7/h1-7,10-11,14-15H,8-9,12-13H2,(H2,27,28);(H,6,7). The number of fused-ring (bicyclic) bond motifs is 1. The van der Waals surface area contributed by atoms with E-state index in [9.17, 15) is 22.4 Å². The largest absolute Gasteiger partial charge is 0.490 e. The number of carboxylic acid groups (broad SMARTS) is 1. The molecule has 4 rings (SSSR count). The van der Waals surface area contributed by atoms with Gasteiger partial charge in [0, 0.05) is 5.56 Å². The molecule has 1 aliphatic rings. The summed E-state index contributed by atoms with van der Waals surface area (Å²) in [5.41, 5.74) is 10.4. The van der Waals surface area contributed by atoms with E-state index >= 15 is 0 Å². The zero-order chi connectivity index (χ0) is 25.8. The van der Waals surface area contributed by atoms with Gasteiger partial charge in [-0.05, 0) is 66.0 Å². The van der Waals surface area contributed by atoms with E-state index in [0.29, 0.717) is 29.0 Å². The highest BCUT2D eigenvalue weighted by molar-refractivity contribution is 6.36. The first-order valence-electron chi connectivity index (χ1n) is 10.7. The van der Waals surface area contributed by atoms with Crippen LogP contribution in [-0.4, -0.2) is 23.2 Å². The topological polar surface area (TPSA) is 80.4 Å². The van der Waals surface area contributed by atoms with Gasteiger partial charge in [0.2, 0.25) is 5.91 Å². The Morgan fingerprint density at radius 3 is 2.11 bits per heavy atom. The molecular weight excluding hydrogens is 486 g/mol. The van der Waals surface area contributed by atoms with Gasteiger partial charge in [0.15, 0.2) is 0 Å². The maximum atomic E-state index is 14.7. The van der Waals surface area contributed by atoms with Crippen molar-refractivity contribution in [2.24, 2.45) is 11.7 Å². The summed E-state index contributed by atoms with van der Waals surface area (Å²) in [5.74, 6) is -3.03. The Bertz CT molecular complexity index is 1220. The fourth-order valence-corrected chi connectivity index (χ4v) is 4.40. The number of alkyl halides is 3. The molecular formula is C26H22ClF4NO3. The van der Waals surface area contributed by atoms with Crippen LogP contribution in [0.15, 0.2) is 60.7 Å². The van der Waals surface area contributed by atoms with E-state index in [-0.39, 0.29) is 16.4 Å². The average molecular weight is 508 g/mol. The summed E-state index contributed by atoms with van der Waals surface area (Å²) in [4.78, 5) is 20.4. The van der Waals surface area contributed by atoms with Crippen LogP contribution < -0.4 is 5.73 Å². The third kappa shape index (κ3) is 6.60. The number of carboxylic acids is 1. The number of nitrogens with two attached hydrogens (primary N) is 1. The molecule has 0 aliphatic heterocycles. The van der Waals surface area contributed by atoms with Crippen LogP contribution in [0.3, 0.4) is 0 Å². The molecule has 35 heavy (non-hydrogen) atoms. The second-order valence-electron chi connectivity index (χ2n) is 8.22. The first-order chi connectivity index (χ1) is 16.5. The molecule has 3 N–H and O–H groups in total. The van der Waals surface area contributed by atoms with E-state index in [2.05, 4.69) is 24.3 Å². The molecule has 1 amide bonds. The van der Waals surface area contributed by atoms with Crippen LogP contribution in [0, 0.1) is 11.7 Å². The number of carbonyl (C=O) groups excluding carboxylic acids is 1. The first kappa shape index (κ1) is 26.2. The smallest absolute Gasteiger partial charge is 0.475 e. The highest BCUT2D eigenvalue weighted by Crippen LogP contribution is 2.33. The Hall–Kier alpha value is -3.39. The van der Waals surface area contributed by atoms with Crippen molar-refractivity contribution in [2.75, 3.05) is 0 Å². The summed E-state index contributed by atoms with van der Waals surface area (Å²) in [6.07, 6.45) is -1.26. The van der Waals surface area contributed by atoms with E-state index in [1.807, 2.05) is 12.1 Å². The van der Waals surface area contributed by atoms with Crippen molar-refractivity contribution in [3.05, 3.63) is 93.8 Å². The van der Waals surface area contributed by atoms with Gasteiger partial charge in [-0.3, -0.25) is 4.79 Å². The predicted molar refractivity (Wildman–Crippen MR) is 125 cm³/mol. The Morgan fingerprint density at radius 1 is 1.00 bits per heavy atom. The fourth-order valence-electron chi connectivity index (χ4n) is 4.08. The van der Waals surface area contributed by atoms with Crippen LogP contribution in [0.5, 0.6) is 0 Å². The summed E-state index contributed by atoms with van der Waals surface area (Å²) in [5, 5.41) is 7.38. The molecule has 0 radical (unpaired) electrons.